The zero-order valence-electron chi connectivity index (χ0n) is 11.7. The molecule has 1 unspecified atom stereocenters. The van der Waals surface area contributed by atoms with Crippen LogP contribution in [0, 0.1) is 0 Å². The van der Waals surface area contributed by atoms with Crippen molar-refractivity contribution in [2.45, 2.75) is 5.92 Å². The molecule has 0 aliphatic heterocycles. The smallest absolute Gasteiger partial charge is 0.549 e. The summed E-state index contributed by atoms with van der Waals surface area (Å²) in [5.41, 5.74) is 0.839. The molecule has 5 nitrogen and oxygen atoms in total. The van der Waals surface area contributed by atoms with E-state index in [4.69, 9.17) is 0 Å². The SMILES string of the molecule is O=C(NCC(C(=O)[O-])c1ccccc1)c1ccccn1.[Li+]. The molecule has 1 aromatic carbocycles. The van der Waals surface area contributed by atoms with E-state index in [0.717, 1.165) is 0 Å². The Kier molecular flexibility index (Phi) is 6.66. The molecule has 0 bridgehead atoms. The Hall–Kier alpha value is -2.09. The minimum Gasteiger partial charge on any atom is -0.549 e. The largest absolute Gasteiger partial charge is 1.00 e. The van der Waals surface area contributed by atoms with E-state index in [2.05, 4.69) is 10.3 Å². The summed E-state index contributed by atoms with van der Waals surface area (Å²) in [6, 6.07) is 13.6. The van der Waals surface area contributed by atoms with Crippen molar-refractivity contribution in [1.82, 2.24) is 10.3 Å². The van der Waals surface area contributed by atoms with Crippen LogP contribution in [0.4, 0.5) is 0 Å². The van der Waals surface area contributed by atoms with Gasteiger partial charge in [0.1, 0.15) is 5.69 Å². The van der Waals surface area contributed by atoms with Gasteiger partial charge in [0, 0.05) is 18.7 Å². The van der Waals surface area contributed by atoms with Crippen LogP contribution in [0.15, 0.2) is 54.7 Å². The van der Waals surface area contributed by atoms with Gasteiger partial charge in [-0.05, 0) is 17.7 Å². The van der Waals surface area contributed by atoms with E-state index in [0.29, 0.717) is 5.56 Å². The van der Waals surface area contributed by atoms with Crippen molar-refractivity contribution in [1.29, 1.82) is 0 Å². The Bertz CT molecular complexity index is 590. The molecule has 0 aliphatic carbocycles. The number of pyridine rings is 1. The number of carbonyl (C=O) groups is 2. The Morgan fingerprint density at radius 3 is 2.33 bits per heavy atom. The van der Waals surface area contributed by atoms with Gasteiger partial charge in [-0.15, -0.1) is 0 Å². The van der Waals surface area contributed by atoms with Gasteiger partial charge in [-0.1, -0.05) is 36.4 Å². The number of aliphatic carboxylic acids is 1. The fourth-order valence-electron chi connectivity index (χ4n) is 1.81. The maximum absolute atomic E-state index is 11.8. The first-order valence-electron chi connectivity index (χ1n) is 6.13. The molecule has 6 heteroatoms. The standard InChI is InChI=1S/C15H14N2O3.Li/c18-14(13-8-4-5-9-16-13)17-10-12(15(19)20)11-6-2-1-3-7-11;/h1-9,12H,10H2,(H,17,18)(H,19,20);/q;+1/p-1. The van der Waals surface area contributed by atoms with Crippen LogP contribution in [0.25, 0.3) is 0 Å². The average molecular weight is 276 g/mol. The Labute approximate surface area is 134 Å². The van der Waals surface area contributed by atoms with Gasteiger partial charge in [0.15, 0.2) is 0 Å². The fraction of sp³-hybridized carbons (Fsp3) is 0.133. The molecular formula is C15H13LiN2O3. The van der Waals surface area contributed by atoms with Crippen LogP contribution >= 0.6 is 0 Å². The first kappa shape index (κ1) is 17.0. The molecule has 2 aromatic rings. The minimum absolute atomic E-state index is 0. The van der Waals surface area contributed by atoms with E-state index in [-0.39, 0.29) is 31.1 Å². The molecule has 21 heavy (non-hydrogen) atoms. The number of carboxylic acids is 1. The summed E-state index contributed by atoms with van der Waals surface area (Å²) in [7, 11) is 0. The summed E-state index contributed by atoms with van der Waals surface area (Å²) in [5.74, 6) is -2.52. The van der Waals surface area contributed by atoms with E-state index < -0.39 is 17.8 Å². The van der Waals surface area contributed by atoms with Gasteiger partial charge >= 0.3 is 18.9 Å². The summed E-state index contributed by atoms with van der Waals surface area (Å²) in [6.07, 6.45) is 1.50. The number of carboxylic acid groups (broad SMARTS) is 1. The first-order chi connectivity index (χ1) is 9.68. The summed E-state index contributed by atoms with van der Waals surface area (Å²) < 4.78 is 0. The molecule has 0 radical (unpaired) electrons. The third-order valence-electron chi connectivity index (χ3n) is 2.85. The molecular weight excluding hydrogens is 263 g/mol. The zero-order valence-corrected chi connectivity index (χ0v) is 11.7. The molecule has 1 amide bonds. The van der Waals surface area contributed by atoms with Crippen LogP contribution in [0.3, 0.4) is 0 Å². The molecule has 1 N–H and O–H groups in total. The van der Waals surface area contributed by atoms with E-state index in [1.165, 1.54) is 6.20 Å². The summed E-state index contributed by atoms with van der Waals surface area (Å²) in [4.78, 5) is 26.9. The van der Waals surface area contributed by atoms with E-state index in [1.54, 1.807) is 48.5 Å². The Morgan fingerprint density at radius 1 is 1.10 bits per heavy atom. The molecule has 0 aliphatic rings. The van der Waals surface area contributed by atoms with Crippen LogP contribution in [0.1, 0.15) is 22.0 Å². The van der Waals surface area contributed by atoms with Crippen molar-refractivity contribution in [2.75, 3.05) is 6.54 Å². The predicted molar refractivity (Wildman–Crippen MR) is 70.8 cm³/mol. The summed E-state index contributed by atoms with van der Waals surface area (Å²) in [6.45, 7) is -0.0399. The van der Waals surface area contributed by atoms with Gasteiger partial charge in [0.25, 0.3) is 5.91 Å². The first-order valence-corrected chi connectivity index (χ1v) is 6.13. The molecule has 102 valence electrons. The summed E-state index contributed by atoms with van der Waals surface area (Å²) >= 11 is 0. The van der Waals surface area contributed by atoms with Crippen molar-refractivity contribution < 1.29 is 33.6 Å². The number of nitrogens with one attached hydrogen (secondary N) is 1. The monoisotopic (exact) mass is 276 g/mol. The Balaban J connectivity index is 0.00000220. The van der Waals surface area contributed by atoms with Gasteiger partial charge in [-0.2, -0.15) is 0 Å². The molecule has 2 rings (SSSR count). The Morgan fingerprint density at radius 2 is 1.76 bits per heavy atom. The topological polar surface area (TPSA) is 82.1 Å². The maximum atomic E-state index is 11.8. The number of benzene rings is 1. The average Bonchev–Trinajstić information content (AvgIpc) is 2.49. The summed E-state index contributed by atoms with van der Waals surface area (Å²) in [5, 5.41) is 13.7. The van der Waals surface area contributed by atoms with E-state index in [1.807, 2.05) is 0 Å². The van der Waals surface area contributed by atoms with Crippen LogP contribution in [0.5, 0.6) is 0 Å². The van der Waals surface area contributed by atoms with Crippen LogP contribution < -0.4 is 29.3 Å². The number of aromatic nitrogens is 1. The van der Waals surface area contributed by atoms with Gasteiger partial charge in [0.05, 0.1) is 5.97 Å². The molecule has 0 fully saturated rings. The molecule has 0 spiro atoms. The number of rotatable bonds is 5. The normalized spacial score (nSPS) is 11.0. The van der Waals surface area contributed by atoms with Crippen molar-refractivity contribution >= 4 is 11.9 Å². The molecule has 1 atom stereocenters. The van der Waals surface area contributed by atoms with Gasteiger partial charge in [-0.3, -0.25) is 9.78 Å². The number of nitrogens with zero attached hydrogens (tertiary/aromatic N) is 1. The third-order valence-corrected chi connectivity index (χ3v) is 2.85. The molecule has 0 saturated carbocycles. The maximum Gasteiger partial charge on any atom is 1.00 e. The van der Waals surface area contributed by atoms with Crippen molar-refractivity contribution in [2.24, 2.45) is 0 Å². The second-order valence-electron chi connectivity index (χ2n) is 4.21. The molecule has 0 saturated heterocycles. The number of hydrogen-bond acceptors (Lipinski definition) is 4. The van der Waals surface area contributed by atoms with Crippen LogP contribution in [-0.4, -0.2) is 23.4 Å². The minimum atomic E-state index is -1.22. The number of amides is 1. The molecule has 1 heterocycles. The number of carbonyl (C=O) groups excluding carboxylic acids is 2. The second-order valence-corrected chi connectivity index (χ2v) is 4.21. The quantitative estimate of drug-likeness (QED) is 0.605. The third kappa shape index (κ3) is 4.74. The predicted octanol–water partition coefficient (Wildman–Crippen LogP) is -2.65. The van der Waals surface area contributed by atoms with Gasteiger partial charge in [-0.25, -0.2) is 0 Å². The van der Waals surface area contributed by atoms with Gasteiger partial charge < -0.3 is 15.2 Å². The van der Waals surface area contributed by atoms with Crippen LogP contribution in [0.2, 0.25) is 0 Å². The second kappa shape index (κ2) is 8.25. The van der Waals surface area contributed by atoms with Crippen molar-refractivity contribution in [3.63, 3.8) is 0 Å². The zero-order chi connectivity index (χ0) is 14.4. The van der Waals surface area contributed by atoms with Crippen molar-refractivity contribution in [3.8, 4) is 0 Å². The molecule has 1 aromatic heterocycles. The fourth-order valence-corrected chi connectivity index (χ4v) is 1.81. The van der Waals surface area contributed by atoms with Crippen LogP contribution in [-0.2, 0) is 4.79 Å². The van der Waals surface area contributed by atoms with E-state index in [9.17, 15) is 14.7 Å². The van der Waals surface area contributed by atoms with Crippen molar-refractivity contribution in [3.05, 3.63) is 66.0 Å². The van der Waals surface area contributed by atoms with Gasteiger partial charge in [0.2, 0.25) is 0 Å². The number of hydrogen-bond donors (Lipinski definition) is 1. The van der Waals surface area contributed by atoms with E-state index >= 15 is 0 Å².